The normalized spacial score (nSPS) is 25.3. The predicted molar refractivity (Wildman–Crippen MR) is 71.8 cm³/mol. The summed E-state index contributed by atoms with van der Waals surface area (Å²) in [6.45, 7) is 0. The van der Waals surface area contributed by atoms with Crippen LogP contribution in [0.3, 0.4) is 0 Å². The van der Waals surface area contributed by atoms with Crippen LogP contribution in [-0.2, 0) is 6.42 Å². The lowest BCUT2D eigenvalue weighted by Gasteiger charge is -2.42. The van der Waals surface area contributed by atoms with Crippen molar-refractivity contribution in [3.05, 3.63) is 46.3 Å². The van der Waals surface area contributed by atoms with E-state index in [1.54, 1.807) is 0 Å². The van der Waals surface area contributed by atoms with E-state index in [1.165, 1.54) is 0 Å². The molecule has 120 valence electrons. The molecule has 2 bridgehead atoms. The minimum absolute atomic E-state index is 0.184. The van der Waals surface area contributed by atoms with Gasteiger partial charge in [0.05, 0.1) is 0 Å². The van der Waals surface area contributed by atoms with Gasteiger partial charge in [-0.3, -0.25) is 4.90 Å². The second-order valence-corrected chi connectivity index (χ2v) is 6.07. The van der Waals surface area contributed by atoms with Gasteiger partial charge in [0.25, 0.3) is 0 Å². The third-order valence-electron chi connectivity index (χ3n) is 4.77. The van der Waals surface area contributed by atoms with Crippen LogP contribution in [0.4, 0.5) is 22.0 Å². The number of benzene rings is 1. The molecule has 0 N–H and O–H groups in total. The maximum Gasteiger partial charge on any atom is 0.200 e. The molecule has 0 amide bonds. The van der Waals surface area contributed by atoms with Crippen molar-refractivity contribution in [2.24, 2.45) is 0 Å². The fraction of sp³-hybridized carbons (Fsp3) is 0.500. The zero-order valence-electron chi connectivity index (χ0n) is 12.1. The molecule has 0 aromatic heterocycles. The highest BCUT2D eigenvalue weighted by molar-refractivity contribution is 5.30. The molecule has 2 aliphatic rings. The Morgan fingerprint density at radius 2 is 1.55 bits per heavy atom. The van der Waals surface area contributed by atoms with Gasteiger partial charge in [-0.05, 0) is 32.7 Å². The number of likely N-dealkylation sites (N-methyl/N-ethyl adjacent to an activating group) is 1. The smallest absolute Gasteiger partial charge is 0.200 e. The van der Waals surface area contributed by atoms with Crippen molar-refractivity contribution in [1.29, 1.82) is 0 Å². The Bertz CT molecular complexity index is 611. The Morgan fingerprint density at radius 3 is 2.14 bits per heavy atom. The summed E-state index contributed by atoms with van der Waals surface area (Å²) in [5.41, 5.74) is 0.0151. The minimum atomic E-state index is -2.10. The van der Waals surface area contributed by atoms with Crippen molar-refractivity contribution in [3.8, 4) is 0 Å². The van der Waals surface area contributed by atoms with E-state index in [0.717, 1.165) is 24.8 Å². The Morgan fingerprint density at radius 1 is 0.955 bits per heavy atom. The predicted octanol–water partition coefficient (Wildman–Crippen LogP) is 4.11. The summed E-state index contributed by atoms with van der Waals surface area (Å²) in [4.78, 5) is 2.21. The van der Waals surface area contributed by atoms with Crippen LogP contribution in [0.2, 0.25) is 0 Å². The molecule has 0 spiro atoms. The van der Waals surface area contributed by atoms with Crippen molar-refractivity contribution in [2.75, 3.05) is 7.05 Å². The summed E-state index contributed by atoms with van der Waals surface area (Å²) in [6, 6.07) is 0.462. The summed E-state index contributed by atoms with van der Waals surface area (Å²) in [6.07, 6.45) is 5.31. The van der Waals surface area contributed by atoms with Crippen LogP contribution in [0, 0.1) is 29.1 Å². The van der Waals surface area contributed by atoms with Crippen molar-refractivity contribution < 1.29 is 22.0 Å². The number of fused-ring (bicyclic) bond motifs is 2. The van der Waals surface area contributed by atoms with Crippen molar-refractivity contribution in [3.63, 3.8) is 0 Å². The molecule has 2 aliphatic heterocycles. The lowest BCUT2D eigenvalue weighted by Crippen LogP contribution is -2.46. The number of rotatable bonds is 2. The molecule has 22 heavy (non-hydrogen) atoms. The molecule has 0 aliphatic carbocycles. The van der Waals surface area contributed by atoms with Gasteiger partial charge in [0.1, 0.15) is 0 Å². The molecule has 1 fully saturated rings. The SMILES string of the molecule is CN1C2C=C(Cc3c(F)c(F)c(F)c(F)c3F)CC1CCC2. The molecule has 0 radical (unpaired) electrons. The highest BCUT2D eigenvalue weighted by Gasteiger charge is 2.32. The number of hydrogen-bond acceptors (Lipinski definition) is 1. The van der Waals surface area contributed by atoms with Gasteiger partial charge in [-0.25, -0.2) is 22.0 Å². The van der Waals surface area contributed by atoms with Gasteiger partial charge in [-0.15, -0.1) is 0 Å². The average molecular weight is 317 g/mol. The second kappa shape index (κ2) is 5.65. The molecular formula is C16H16F5N. The van der Waals surface area contributed by atoms with Crippen LogP contribution < -0.4 is 0 Å². The largest absolute Gasteiger partial charge is 0.297 e. The number of hydrogen-bond donors (Lipinski definition) is 0. The number of piperidine rings is 1. The van der Waals surface area contributed by atoms with E-state index in [0.29, 0.717) is 6.42 Å². The van der Waals surface area contributed by atoms with Gasteiger partial charge < -0.3 is 0 Å². The molecule has 6 heteroatoms. The van der Waals surface area contributed by atoms with Gasteiger partial charge in [0, 0.05) is 17.6 Å². The Kier molecular flexibility index (Phi) is 3.97. The van der Waals surface area contributed by atoms with Crippen LogP contribution in [0.15, 0.2) is 11.6 Å². The fourth-order valence-electron chi connectivity index (χ4n) is 3.49. The maximum atomic E-state index is 13.8. The fourth-order valence-corrected chi connectivity index (χ4v) is 3.49. The monoisotopic (exact) mass is 317 g/mol. The first kappa shape index (κ1) is 15.5. The van der Waals surface area contributed by atoms with Crippen molar-refractivity contribution in [1.82, 2.24) is 4.90 Å². The summed E-state index contributed by atoms with van der Waals surface area (Å²) >= 11 is 0. The molecule has 2 heterocycles. The van der Waals surface area contributed by atoms with E-state index in [4.69, 9.17) is 0 Å². The quantitative estimate of drug-likeness (QED) is 0.343. The lowest BCUT2D eigenvalue weighted by atomic mass is 9.83. The number of nitrogens with zero attached hydrogens (tertiary/aromatic N) is 1. The Balaban J connectivity index is 1.94. The Labute approximate surface area is 125 Å². The summed E-state index contributed by atoms with van der Waals surface area (Å²) in [7, 11) is 2.00. The first-order valence-corrected chi connectivity index (χ1v) is 7.32. The minimum Gasteiger partial charge on any atom is -0.297 e. The standard InChI is InChI=1S/C16H16F5N/c1-22-9-3-2-4-10(22)6-8(5-9)7-11-12(17)14(19)16(21)15(20)13(11)18/h5,9-10H,2-4,6-7H2,1H3. The zero-order chi connectivity index (χ0) is 16.0. The van der Waals surface area contributed by atoms with Crippen LogP contribution in [0.1, 0.15) is 31.2 Å². The highest BCUT2D eigenvalue weighted by Crippen LogP contribution is 2.34. The molecule has 1 aromatic rings. The van der Waals surface area contributed by atoms with E-state index >= 15 is 0 Å². The molecule has 1 aromatic carbocycles. The highest BCUT2D eigenvalue weighted by atomic mass is 19.2. The molecule has 1 nitrogen and oxygen atoms in total. The van der Waals surface area contributed by atoms with Crippen LogP contribution in [-0.4, -0.2) is 24.0 Å². The first-order chi connectivity index (χ1) is 10.4. The summed E-state index contributed by atoms with van der Waals surface area (Å²) < 4.78 is 67.1. The summed E-state index contributed by atoms with van der Waals surface area (Å²) in [5, 5.41) is 0. The molecule has 2 atom stereocenters. The molecule has 1 saturated heterocycles. The zero-order valence-corrected chi connectivity index (χ0v) is 12.1. The van der Waals surface area contributed by atoms with Crippen LogP contribution in [0.5, 0.6) is 0 Å². The summed E-state index contributed by atoms with van der Waals surface area (Å²) in [5.74, 6) is -9.29. The van der Waals surface area contributed by atoms with Crippen LogP contribution in [0.25, 0.3) is 0 Å². The van der Waals surface area contributed by atoms with Crippen molar-refractivity contribution >= 4 is 0 Å². The van der Waals surface area contributed by atoms with E-state index in [1.807, 2.05) is 13.1 Å². The first-order valence-electron chi connectivity index (χ1n) is 7.32. The maximum absolute atomic E-state index is 13.8. The average Bonchev–Trinajstić information content (AvgIpc) is 2.48. The van der Waals surface area contributed by atoms with Crippen LogP contribution >= 0.6 is 0 Å². The second-order valence-electron chi connectivity index (χ2n) is 6.07. The van der Waals surface area contributed by atoms with Gasteiger partial charge in [0.2, 0.25) is 5.82 Å². The molecule has 0 saturated carbocycles. The van der Waals surface area contributed by atoms with Crippen molar-refractivity contribution in [2.45, 2.75) is 44.2 Å². The van der Waals surface area contributed by atoms with Gasteiger partial charge in [-0.1, -0.05) is 18.1 Å². The number of halogens is 5. The van der Waals surface area contributed by atoms with Gasteiger partial charge in [-0.2, -0.15) is 0 Å². The van der Waals surface area contributed by atoms with Gasteiger partial charge in [0.15, 0.2) is 23.3 Å². The van der Waals surface area contributed by atoms with E-state index < -0.39 is 34.6 Å². The Hall–Kier alpha value is -1.43. The molecular weight excluding hydrogens is 301 g/mol. The lowest BCUT2D eigenvalue weighted by molar-refractivity contribution is 0.129. The van der Waals surface area contributed by atoms with E-state index in [2.05, 4.69) is 4.90 Å². The molecule has 3 rings (SSSR count). The third-order valence-corrected chi connectivity index (χ3v) is 4.77. The third kappa shape index (κ3) is 2.43. The van der Waals surface area contributed by atoms with E-state index in [-0.39, 0.29) is 18.5 Å². The topological polar surface area (TPSA) is 3.24 Å². The van der Waals surface area contributed by atoms with E-state index in [9.17, 15) is 22.0 Å². The molecule has 2 unspecified atom stereocenters. The van der Waals surface area contributed by atoms with Gasteiger partial charge >= 0.3 is 0 Å².